The highest BCUT2D eigenvalue weighted by Gasteiger charge is 2.52. The molecule has 1 unspecified atom stereocenters. The summed E-state index contributed by atoms with van der Waals surface area (Å²) >= 11 is 0. The van der Waals surface area contributed by atoms with Gasteiger partial charge in [0, 0.05) is 33.6 Å². The number of anilines is 4. The van der Waals surface area contributed by atoms with Gasteiger partial charge in [-0.05, 0) is 82.8 Å². The summed E-state index contributed by atoms with van der Waals surface area (Å²) in [5, 5.41) is 0. The fourth-order valence-corrected chi connectivity index (χ4v) is 5.44. The Hall–Kier alpha value is -3.92. The van der Waals surface area contributed by atoms with Gasteiger partial charge in [-0.15, -0.1) is 0 Å². The second-order valence-electron chi connectivity index (χ2n) is 9.09. The van der Waals surface area contributed by atoms with E-state index in [4.69, 9.17) is 22.9 Å². The molecule has 0 heterocycles. The molecule has 0 saturated heterocycles. The summed E-state index contributed by atoms with van der Waals surface area (Å²) in [4.78, 5) is 0. The van der Waals surface area contributed by atoms with Gasteiger partial charge < -0.3 is 22.9 Å². The Morgan fingerprint density at radius 2 is 0.750 bits per heavy atom. The lowest BCUT2D eigenvalue weighted by atomic mass is 9.67. The van der Waals surface area contributed by atoms with Crippen LogP contribution in [0.2, 0.25) is 0 Å². The van der Waals surface area contributed by atoms with E-state index in [0.29, 0.717) is 0 Å². The van der Waals surface area contributed by atoms with Crippen LogP contribution in [0.3, 0.4) is 0 Å². The smallest absolute Gasteiger partial charge is 0.0466 e. The summed E-state index contributed by atoms with van der Waals surface area (Å²) in [6, 6.07) is 30.9. The van der Waals surface area contributed by atoms with E-state index in [2.05, 4.69) is 55.5 Å². The highest BCUT2D eigenvalue weighted by molar-refractivity contribution is 5.67. The monoisotopic (exact) mass is 540 g/mol. The molecule has 0 spiro atoms. The minimum Gasteiger partial charge on any atom is -0.399 e. The first kappa shape index (κ1) is 34.1. The highest BCUT2D eigenvalue weighted by Crippen LogP contribution is 2.59. The van der Waals surface area contributed by atoms with Crippen molar-refractivity contribution in [2.45, 2.75) is 79.6 Å². The van der Waals surface area contributed by atoms with Crippen molar-refractivity contribution in [1.29, 1.82) is 0 Å². The van der Waals surface area contributed by atoms with Crippen LogP contribution in [-0.4, -0.2) is 0 Å². The number of hydrogen-bond donors (Lipinski definition) is 4. The first-order valence-corrected chi connectivity index (χ1v) is 14.8. The molecule has 4 heteroatoms. The van der Waals surface area contributed by atoms with Crippen molar-refractivity contribution in [2.24, 2.45) is 0 Å². The average Bonchev–Trinajstić information content (AvgIpc) is 3.27. The van der Waals surface area contributed by atoms with Crippen LogP contribution in [0, 0.1) is 0 Å². The third-order valence-corrected chi connectivity index (χ3v) is 7.07. The van der Waals surface area contributed by atoms with Crippen molar-refractivity contribution < 1.29 is 0 Å². The summed E-state index contributed by atoms with van der Waals surface area (Å²) < 4.78 is 0. The number of nitrogen functional groups attached to an aromatic ring is 4. The molecular weight excluding hydrogens is 488 g/mol. The molecule has 0 amide bonds. The van der Waals surface area contributed by atoms with Gasteiger partial charge in [0.25, 0.3) is 0 Å². The van der Waals surface area contributed by atoms with E-state index in [1.165, 1.54) is 27.8 Å². The van der Waals surface area contributed by atoms with E-state index in [1.54, 1.807) is 0 Å². The number of nitrogens with two attached hydrogens (primary N) is 4. The first-order valence-electron chi connectivity index (χ1n) is 14.8. The second-order valence-corrected chi connectivity index (χ2v) is 9.09. The average molecular weight is 541 g/mol. The number of fused-ring (bicyclic) bond motifs is 1. The number of benzene rings is 4. The molecule has 216 valence electrons. The van der Waals surface area contributed by atoms with Crippen LogP contribution in [0.25, 0.3) is 0 Å². The van der Waals surface area contributed by atoms with Crippen LogP contribution in [0.4, 0.5) is 22.7 Å². The van der Waals surface area contributed by atoms with Gasteiger partial charge in [0.05, 0.1) is 0 Å². The summed E-state index contributed by atoms with van der Waals surface area (Å²) in [7, 11) is 0. The lowest BCUT2D eigenvalue weighted by molar-refractivity contribution is 0.473. The van der Waals surface area contributed by atoms with Gasteiger partial charge in [-0.1, -0.05) is 105 Å². The Morgan fingerprint density at radius 3 is 1.12 bits per heavy atom. The molecule has 0 aromatic heterocycles. The maximum atomic E-state index is 6.35. The Bertz CT molecular complexity index is 1230. The summed E-state index contributed by atoms with van der Waals surface area (Å²) in [6.07, 6.45) is 0.844. The largest absolute Gasteiger partial charge is 0.399 e. The Kier molecular flexibility index (Phi) is 13.3. The summed E-state index contributed by atoms with van der Waals surface area (Å²) in [5.74, 6) is 0. The van der Waals surface area contributed by atoms with Crippen molar-refractivity contribution in [3.8, 4) is 0 Å². The zero-order chi connectivity index (χ0) is 30.5. The fourth-order valence-electron chi connectivity index (χ4n) is 5.44. The maximum Gasteiger partial charge on any atom is 0.0466 e. The molecule has 4 aromatic rings. The zero-order valence-corrected chi connectivity index (χ0v) is 26.2. The van der Waals surface area contributed by atoms with Gasteiger partial charge in [0.1, 0.15) is 0 Å². The van der Waals surface area contributed by atoms with Gasteiger partial charge in [-0.3, -0.25) is 0 Å². The fraction of sp³-hybridized carbons (Fsp3) is 0.333. The molecule has 5 rings (SSSR count). The molecule has 40 heavy (non-hydrogen) atoms. The molecular formula is C36H52N4. The van der Waals surface area contributed by atoms with E-state index >= 15 is 0 Å². The van der Waals surface area contributed by atoms with Crippen molar-refractivity contribution in [3.05, 3.63) is 119 Å². The van der Waals surface area contributed by atoms with E-state index in [1.807, 2.05) is 97.9 Å². The lowest BCUT2D eigenvalue weighted by Gasteiger charge is -2.35. The Balaban J connectivity index is 0.000000921. The van der Waals surface area contributed by atoms with Crippen molar-refractivity contribution in [1.82, 2.24) is 0 Å². The van der Waals surface area contributed by atoms with E-state index in [0.717, 1.165) is 29.2 Å². The molecule has 0 saturated carbocycles. The highest BCUT2D eigenvalue weighted by atomic mass is 14.6. The van der Waals surface area contributed by atoms with Crippen LogP contribution < -0.4 is 22.9 Å². The van der Waals surface area contributed by atoms with E-state index in [9.17, 15) is 0 Å². The number of rotatable bonds is 3. The molecule has 0 fully saturated rings. The minimum absolute atomic E-state index is 0.237. The van der Waals surface area contributed by atoms with Crippen LogP contribution in [0.1, 0.15) is 96.6 Å². The molecule has 4 nitrogen and oxygen atoms in total. The van der Waals surface area contributed by atoms with E-state index < -0.39 is 5.41 Å². The molecule has 0 bridgehead atoms. The standard InChI is InChI=1S/C28H28N4.4C2H6/c1-27(18-2-8-21(29)9-3-18)17-28(19-4-10-22(30)11-5-19,20-6-12-23(31)13-7-20)26-16-24(32)14-15-25(26)27;4*1-2/h2-16H,17,29-32H2,1H3;4*1-2H3. The van der Waals surface area contributed by atoms with Crippen LogP contribution >= 0.6 is 0 Å². The minimum atomic E-state index is -0.401. The molecule has 4 aromatic carbocycles. The third-order valence-electron chi connectivity index (χ3n) is 7.07. The summed E-state index contributed by atoms with van der Waals surface area (Å²) in [6.45, 7) is 18.3. The van der Waals surface area contributed by atoms with Crippen molar-refractivity contribution in [2.75, 3.05) is 22.9 Å². The lowest BCUT2D eigenvalue weighted by Crippen LogP contribution is -2.30. The SMILES string of the molecule is CC.CC.CC.CC.CC1(c2ccc(N)cc2)CC(c2ccc(N)cc2)(c2ccc(N)cc2)c2cc(N)ccc21. The molecule has 1 atom stereocenters. The number of hydrogen-bond acceptors (Lipinski definition) is 4. The Labute approximate surface area is 243 Å². The quantitative estimate of drug-likeness (QED) is 0.194. The molecule has 1 aliphatic rings. The van der Waals surface area contributed by atoms with Gasteiger partial charge in [-0.25, -0.2) is 0 Å². The molecule has 1 aliphatic carbocycles. The van der Waals surface area contributed by atoms with Crippen LogP contribution in [-0.2, 0) is 10.8 Å². The van der Waals surface area contributed by atoms with Gasteiger partial charge in [0.2, 0.25) is 0 Å². The van der Waals surface area contributed by atoms with Gasteiger partial charge in [-0.2, -0.15) is 0 Å². The van der Waals surface area contributed by atoms with E-state index in [-0.39, 0.29) is 5.41 Å². The summed E-state index contributed by atoms with van der Waals surface area (Å²) in [5.41, 5.74) is 32.9. The van der Waals surface area contributed by atoms with Gasteiger partial charge in [0.15, 0.2) is 0 Å². The molecule has 0 aliphatic heterocycles. The van der Waals surface area contributed by atoms with Gasteiger partial charge >= 0.3 is 0 Å². The zero-order valence-electron chi connectivity index (χ0n) is 26.2. The Morgan fingerprint density at radius 1 is 0.425 bits per heavy atom. The second kappa shape index (κ2) is 15.6. The third kappa shape index (κ3) is 6.62. The normalized spacial score (nSPS) is 15.7. The first-order chi connectivity index (χ1) is 19.3. The predicted octanol–water partition coefficient (Wildman–Crippen LogP) is 9.16. The van der Waals surface area contributed by atoms with Crippen molar-refractivity contribution >= 4 is 22.7 Å². The van der Waals surface area contributed by atoms with Crippen LogP contribution in [0.5, 0.6) is 0 Å². The topological polar surface area (TPSA) is 104 Å². The van der Waals surface area contributed by atoms with Crippen molar-refractivity contribution in [3.63, 3.8) is 0 Å². The predicted molar refractivity (Wildman–Crippen MR) is 180 cm³/mol. The van der Waals surface area contributed by atoms with Crippen LogP contribution in [0.15, 0.2) is 91.0 Å². The maximum absolute atomic E-state index is 6.35. The molecule has 0 radical (unpaired) electrons. The molecule has 8 N–H and O–H groups in total.